The van der Waals surface area contributed by atoms with Gasteiger partial charge in [0, 0.05) is 56.6 Å². The van der Waals surface area contributed by atoms with Gasteiger partial charge < -0.3 is 20.1 Å². The number of rotatable bonds is 8. The molecule has 4 rings (SSSR count). The Bertz CT molecular complexity index is 1550. The van der Waals surface area contributed by atoms with Crippen molar-refractivity contribution < 1.29 is 14.4 Å². The van der Waals surface area contributed by atoms with Crippen molar-refractivity contribution in [1.82, 2.24) is 9.55 Å². The summed E-state index contributed by atoms with van der Waals surface area (Å²) in [4.78, 5) is 45.5. The van der Waals surface area contributed by atoms with Crippen LogP contribution in [0, 0.1) is 11.3 Å². The number of fused-ring (bicyclic) bond motifs is 1. The molecule has 10 nitrogen and oxygen atoms in total. The summed E-state index contributed by atoms with van der Waals surface area (Å²) in [6.07, 6.45) is 0.0499. The number of hydrogen-bond donors (Lipinski definition) is 2. The largest absolute Gasteiger partial charge is 0.378 e. The molecule has 3 amide bonds. The molecule has 1 heterocycles. The van der Waals surface area contributed by atoms with Crippen molar-refractivity contribution in [3.63, 3.8) is 0 Å². The second-order valence-electron chi connectivity index (χ2n) is 8.93. The Hall–Kier alpha value is -5.17. The number of nitriles is 1. The van der Waals surface area contributed by atoms with Gasteiger partial charge in [-0.15, -0.1) is 0 Å². The average molecular weight is 510 g/mol. The molecule has 0 saturated heterocycles. The van der Waals surface area contributed by atoms with Crippen molar-refractivity contribution in [2.75, 3.05) is 36.3 Å². The fourth-order valence-electron chi connectivity index (χ4n) is 3.95. The van der Waals surface area contributed by atoms with Crippen LogP contribution in [0.3, 0.4) is 0 Å². The summed E-state index contributed by atoms with van der Waals surface area (Å²) in [6.45, 7) is 0.209. The molecule has 0 atom stereocenters. The monoisotopic (exact) mass is 509 g/mol. The molecule has 1 aromatic heterocycles. The number of primary amides is 1. The number of anilines is 3. The number of aromatic nitrogens is 2. The highest BCUT2D eigenvalue weighted by molar-refractivity contribution is 6.07. The fourth-order valence-corrected chi connectivity index (χ4v) is 3.95. The minimum atomic E-state index is -0.488. The number of carbonyl (C=O) groups excluding carboxylic acids is 3. The Kier molecular flexibility index (Phi) is 7.39. The number of imidazole rings is 1. The summed E-state index contributed by atoms with van der Waals surface area (Å²) >= 11 is 0. The van der Waals surface area contributed by atoms with Crippen LogP contribution >= 0.6 is 0 Å². The topological polar surface area (TPSA) is 137 Å². The normalized spacial score (nSPS) is 10.6. The average Bonchev–Trinajstić information content (AvgIpc) is 3.26. The van der Waals surface area contributed by atoms with Gasteiger partial charge in [-0.05, 0) is 66.7 Å². The van der Waals surface area contributed by atoms with Gasteiger partial charge >= 0.3 is 0 Å². The highest BCUT2D eigenvalue weighted by Crippen LogP contribution is 2.26. The number of amides is 3. The first kappa shape index (κ1) is 25.9. The van der Waals surface area contributed by atoms with Gasteiger partial charge in [0.25, 0.3) is 11.8 Å². The van der Waals surface area contributed by atoms with Crippen LogP contribution in [-0.2, 0) is 11.3 Å². The summed E-state index contributed by atoms with van der Waals surface area (Å²) in [5.41, 5.74) is 9.50. The molecule has 0 fully saturated rings. The number of benzene rings is 3. The first-order chi connectivity index (χ1) is 18.2. The van der Waals surface area contributed by atoms with E-state index in [9.17, 15) is 14.4 Å². The van der Waals surface area contributed by atoms with Crippen molar-refractivity contribution in [3.05, 3.63) is 83.4 Å². The summed E-state index contributed by atoms with van der Waals surface area (Å²) in [7, 11) is 5.55. The van der Waals surface area contributed by atoms with E-state index in [1.165, 1.54) is 4.90 Å². The van der Waals surface area contributed by atoms with E-state index in [0.717, 1.165) is 5.69 Å². The van der Waals surface area contributed by atoms with Crippen LogP contribution in [0.4, 0.5) is 17.3 Å². The van der Waals surface area contributed by atoms with Crippen molar-refractivity contribution in [2.45, 2.75) is 13.0 Å². The SMILES string of the molecule is CN(C)c1ccc(C(=O)N(C)c2ccc3c(c2)nc(NC(=O)c2ccc(C#N)cc2)n3CCC(N)=O)cc1. The minimum Gasteiger partial charge on any atom is -0.378 e. The number of hydrogen-bond acceptors (Lipinski definition) is 6. The molecule has 38 heavy (non-hydrogen) atoms. The van der Waals surface area contributed by atoms with Crippen molar-refractivity contribution in [1.29, 1.82) is 5.26 Å². The van der Waals surface area contributed by atoms with Crippen LogP contribution in [0.25, 0.3) is 11.0 Å². The lowest BCUT2D eigenvalue weighted by atomic mass is 10.1. The molecule has 10 heteroatoms. The van der Waals surface area contributed by atoms with E-state index in [0.29, 0.717) is 33.4 Å². The minimum absolute atomic E-state index is 0.0499. The highest BCUT2D eigenvalue weighted by Gasteiger charge is 2.19. The maximum absolute atomic E-state index is 13.1. The molecule has 0 radical (unpaired) electrons. The summed E-state index contributed by atoms with van der Waals surface area (Å²) in [5.74, 6) is -0.851. The molecule has 0 saturated carbocycles. The van der Waals surface area contributed by atoms with Gasteiger partial charge in [0.1, 0.15) is 0 Å². The molecule has 0 aliphatic rings. The van der Waals surface area contributed by atoms with Gasteiger partial charge in [-0.3, -0.25) is 19.7 Å². The predicted octanol–water partition coefficient (Wildman–Crippen LogP) is 3.38. The number of nitrogens with two attached hydrogens (primary N) is 1. The summed E-state index contributed by atoms with van der Waals surface area (Å²) in [6, 6.07) is 20.9. The molecule has 0 aliphatic heterocycles. The molecule has 4 aromatic rings. The molecule has 0 aliphatic carbocycles. The van der Waals surface area contributed by atoms with E-state index < -0.39 is 11.8 Å². The van der Waals surface area contributed by atoms with Crippen molar-refractivity contribution in [3.8, 4) is 6.07 Å². The molecule has 0 bridgehead atoms. The van der Waals surface area contributed by atoms with Gasteiger partial charge in [0.05, 0.1) is 22.7 Å². The number of aryl methyl sites for hydroxylation is 1. The Labute approximate surface area is 219 Å². The zero-order valence-corrected chi connectivity index (χ0v) is 21.3. The molecule has 3 N–H and O–H groups in total. The van der Waals surface area contributed by atoms with E-state index >= 15 is 0 Å². The lowest BCUT2D eigenvalue weighted by molar-refractivity contribution is -0.118. The van der Waals surface area contributed by atoms with Gasteiger partial charge in [-0.1, -0.05) is 0 Å². The van der Waals surface area contributed by atoms with Gasteiger partial charge in [0.15, 0.2) is 0 Å². The van der Waals surface area contributed by atoms with Crippen LogP contribution in [0.2, 0.25) is 0 Å². The van der Waals surface area contributed by atoms with Crippen LogP contribution in [0.1, 0.15) is 32.7 Å². The Balaban J connectivity index is 1.64. The van der Waals surface area contributed by atoms with Crippen LogP contribution in [0.5, 0.6) is 0 Å². The van der Waals surface area contributed by atoms with Crippen molar-refractivity contribution in [2.24, 2.45) is 5.73 Å². The Morgan fingerprint density at radius 2 is 1.58 bits per heavy atom. The fraction of sp³-hybridized carbons (Fsp3) is 0.179. The number of nitrogens with one attached hydrogen (secondary N) is 1. The maximum Gasteiger partial charge on any atom is 0.258 e. The van der Waals surface area contributed by atoms with Crippen LogP contribution in [0.15, 0.2) is 66.7 Å². The lowest BCUT2D eigenvalue weighted by Gasteiger charge is -2.18. The van der Waals surface area contributed by atoms with Crippen LogP contribution in [-0.4, -0.2) is 48.4 Å². The Morgan fingerprint density at radius 3 is 2.18 bits per heavy atom. The van der Waals surface area contributed by atoms with E-state index in [-0.39, 0.29) is 24.8 Å². The molecular weight excluding hydrogens is 482 g/mol. The van der Waals surface area contributed by atoms with Crippen molar-refractivity contribution >= 4 is 46.1 Å². The first-order valence-electron chi connectivity index (χ1n) is 11.8. The zero-order chi connectivity index (χ0) is 27.4. The molecule has 0 spiro atoms. The molecule has 0 unspecified atom stereocenters. The third-order valence-corrected chi connectivity index (χ3v) is 6.14. The van der Waals surface area contributed by atoms with Gasteiger partial charge in [0.2, 0.25) is 11.9 Å². The smallest absolute Gasteiger partial charge is 0.258 e. The maximum atomic E-state index is 13.1. The first-order valence-corrected chi connectivity index (χ1v) is 11.8. The lowest BCUT2D eigenvalue weighted by Crippen LogP contribution is -2.26. The summed E-state index contributed by atoms with van der Waals surface area (Å²) < 4.78 is 1.70. The van der Waals surface area contributed by atoms with E-state index in [1.54, 1.807) is 66.2 Å². The number of nitrogens with zero attached hydrogens (tertiary/aromatic N) is 5. The van der Waals surface area contributed by atoms with E-state index in [4.69, 9.17) is 11.0 Å². The van der Waals surface area contributed by atoms with Crippen LogP contribution < -0.4 is 20.9 Å². The second kappa shape index (κ2) is 10.8. The van der Waals surface area contributed by atoms with Gasteiger partial charge in [-0.2, -0.15) is 5.26 Å². The molecular formula is C28H27N7O3. The summed E-state index contributed by atoms with van der Waals surface area (Å²) in [5, 5.41) is 11.8. The zero-order valence-electron chi connectivity index (χ0n) is 21.3. The van der Waals surface area contributed by atoms with E-state index in [1.807, 2.05) is 37.2 Å². The standard InChI is InChI=1S/C28H27N7O3/c1-33(2)21-10-8-20(9-11-21)27(38)34(3)22-12-13-24-23(16-22)31-28(35(24)15-14-25(30)36)32-26(37)19-6-4-18(17-29)5-7-19/h4-13,16H,14-15H2,1-3H3,(H2,30,36)(H,31,32,37). The quantitative estimate of drug-likeness (QED) is 0.374. The van der Waals surface area contributed by atoms with E-state index in [2.05, 4.69) is 10.3 Å². The third-order valence-electron chi connectivity index (χ3n) is 6.14. The Morgan fingerprint density at radius 1 is 0.947 bits per heavy atom. The predicted molar refractivity (Wildman–Crippen MR) is 146 cm³/mol. The highest BCUT2D eigenvalue weighted by atomic mass is 16.2. The second-order valence-corrected chi connectivity index (χ2v) is 8.93. The van der Waals surface area contributed by atoms with Gasteiger partial charge in [-0.25, -0.2) is 4.98 Å². The number of carbonyl (C=O) groups is 3. The molecule has 3 aromatic carbocycles. The third kappa shape index (κ3) is 5.47. The molecule has 192 valence electrons.